The van der Waals surface area contributed by atoms with Crippen molar-refractivity contribution in [1.29, 1.82) is 0 Å². The SMILES string of the molecule is COC(=O)[C@H](Cc1ccc(NC(=O)OCC2c3ccccc3-c3ccccc32)cc1)NC(=O)CCC(=O)O. The average molecular weight is 517 g/mol. The molecule has 1 aliphatic carbocycles. The van der Waals surface area contributed by atoms with E-state index in [2.05, 4.69) is 34.9 Å². The molecule has 38 heavy (non-hydrogen) atoms. The summed E-state index contributed by atoms with van der Waals surface area (Å²) in [5.74, 6) is -2.35. The molecule has 1 atom stereocenters. The van der Waals surface area contributed by atoms with Crippen molar-refractivity contribution in [3.8, 4) is 11.1 Å². The molecule has 3 aromatic rings. The van der Waals surface area contributed by atoms with Gasteiger partial charge in [0.25, 0.3) is 0 Å². The van der Waals surface area contributed by atoms with Crippen molar-refractivity contribution in [2.24, 2.45) is 0 Å². The molecule has 1 aliphatic rings. The Bertz CT molecular complexity index is 1290. The number of methoxy groups -OCH3 is 1. The number of carboxylic acid groups (broad SMARTS) is 1. The summed E-state index contributed by atoms with van der Waals surface area (Å²) in [4.78, 5) is 47.3. The van der Waals surface area contributed by atoms with Gasteiger partial charge in [-0.2, -0.15) is 0 Å². The second-order valence-electron chi connectivity index (χ2n) is 8.89. The first kappa shape index (κ1) is 26.4. The van der Waals surface area contributed by atoms with Gasteiger partial charge in [-0.3, -0.25) is 14.9 Å². The molecule has 3 aromatic carbocycles. The summed E-state index contributed by atoms with van der Waals surface area (Å²) in [6.07, 6.45) is -1.03. The minimum absolute atomic E-state index is 0.0449. The average Bonchev–Trinajstić information content (AvgIpc) is 3.24. The number of carboxylic acids is 1. The fraction of sp³-hybridized carbons (Fsp3) is 0.241. The number of anilines is 1. The number of esters is 1. The van der Waals surface area contributed by atoms with Gasteiger partial charge in [0.1, 0.15) is 12.6 Å². The van der Waals surface area contributed by atoms with Gasteiger partial charge in [-0.1, -0.05) is 60.7 Å². The summed E-state index contributed by atoms with van der Waals surface area (Å²) < 4.78 is 10.3. The molecule has 9 heteroatoms. The van der Waals surface area contributed by atoms with Crippen LogP contribution in [0.15, 0.2) is 72.8 Å². The Hall–Kier alpha value is -4.66. The topological polar surface area (TPSA) is 131 Å². The maximum absolute atomic E-state index is 12.5. The van der Waals surface area contributed by atoms with E-state index in [4.69, 9.17) is 14.6 Å². The zero-order valence-corrected chi connectivity index (χ0v) is 20.8. The highest BCUT2D eigenvalue weighted by molar-refractivity contribution is 5.87. The highest BCUT2D eigenvalue weighted by Crippen LogP contribution is 2.44. The Morgan fingerprint density at radius 1 is 0.868 bits per heavy atom. The minimum Gasteiger partial charge on any atom is -0.481 e. The number of benzene rings is 3. The van der Waals surface area contributed by atoms with Gasteiger partial charge in [-0.15, -0.1) is 0 Å². The first-order valence-electron chi connectivity index (χ1n) is 12.2. The number of carbonyl (C=O) groups is 4. The quantitative estimate of drug-likeness (QED) is 0.346. The number of nitrogens with one attached hydrogen (secondary N) is 2. The van der Waals surface area contributed by atoms with Crippen LogP contribution in [0.5, 0.6) is 0 Å². The van der Waals surface area contributed by atoms with Gasteiger partial charge >= 0.3 is 18.0 Å². The number of fused-ring (bicyclic) bond motifs is 3. The maximum Gasteiger partial charge on any atom is 0.411 e. The second kappa shape index (κ2) is 12.1. The highest BCUT2D eigenvalue weighted by Gasteiger charge is 2.29. The zero-order chi connectivity index (χ0) is 27.1. The van der Waals surface area contributed by atoms with Gasteiger partial charge in [-0.05, 0) is 39.9 Å². The van der Waals surface area contributed by atoms with Crippen LogP contribution in [0.25, 0.3) is 11.1 Å². The molecule has 0 saturated heterocycles. The van der Waals surface area contributed by atoms with Crippen LogP contribution in [-0.4, -0.2) is 48.8 Å². The predicted octanol–water partition coefficient (Wildman–Crippen LogP) is 4.11. The maximum atomic E-state index is 12.5. The van der Waals surface area contributed by atoms with E-state index in [1.54, 1.807) is 24.3 Å². The summed E-state index contributed by atoms with van der Waals surface area (Å²) in [7, 11) is 1.21. The number of ether oxygens (including phenoxy) is 2. The van der Waals surface area contributed by atoms with Crippen LogP contribution in [0.2, 0.25) is 0 Å². The molecule has 196 valence electrons. The van der Waals surface area contributed by atoms with Gasteiger partial charge in [0.2, 0.25) is 5.91 Å². The lowest BCUT2D eigenvalue weighted by Gasteiger charge is -2.17. The van der Waals surface area contributed by atoms with E-state index >= 15 is 0 Å². The Morgan fingerprint density at radius 2 is 1.47 bits per heavy atom. The zero-order valence-electron chi connectivity index (χ0n) is 20.8. The molecule has 3 N–H and O–H groups in total. The molecule has 0 saturated carbocycles. The molecule has 0 unspecified atom stereocenters. The van der Waals surface area contributed by atoms with E-state index < -0.39 is 30.0 Å². The number of hydrogen-bond acceptors (Lipinski definition) is 6. The lowest BCUT2D eigenvalue weighted by Crippen LogP contribution is -2.43. The summed E-state index contributed by atoms with van der Waals surface area (Å²) >= 11 is 0. The normalized spacial score (nSPS) is 12.6. The van der Waals surface area contributed by atoms with E-state index in [0.717, 1.165) is 22.3 Å². The minimum atomic E-state index is -1.10. The molecular formula is C29H28N2O7. The van der Waals surface area contributed by atoms with Crippen molar-refractivity contribution < 1.29 is 33.8 Å². The first-order valence-corrected chi connectivity index (χ1v) is 12.2. The fourth-order valence-corrected chi connectivity index (χ4v) is 4.53. The highest BCUT2D eigenvalue weighted by atomic mass is 16.5. The smallest absolute Gasteiger partial charge is 0.411 e. The Kier molecular flexibility index (Phi) is 8.37. The number of hydrogen-bond donors (Lipinski definition) is 3. The van der Waals surface area contributed by atoms with Gasteiger partial charge in [0.15, 0.2) is 0 Å². The lowest BCUT2D eigenvalue weighted by molar-refractivity contribution is -0.145. The van der Waals surface area contributed by atoms with Crippen molar-refractivity contribution >= 4 is 29.6 Å². The standard InChI is InChI=1S/C29H28N2O7/c1-37-28(35)25(31-26(32)14-15-27(33)34)16-18-10-12-19(13-11-18)30-29(36)38-17-24-22-8-4-2-6-20(22)21-7-3-5-9-23(21)24/h2-13,24-25H,14-17H2,1H3,(H,30,36)(H,31,32)(H,33,34)/t25-/m0/s1. The van der Waals surface area contributed by atoms with Crippen LogP contribution in [0.3, 0.4) is 0 Å². The van der Waals surface area contributed by atoms with Crippen molar-refractivity contribution in [3.63, 3.8) is 0 Å². The number of amides is 2. The van der Waals surface area contributed by atoms with Crippen molar-refractivity contribution in [3.05, 3.63) is 89.5 Å². The van der Waals surface area contributed by atoms with Crippen LogP contribution in [0.4, 0.5) is 10.5 Å². The summed E-state index contributed by atoms with van der Waals surface area (Å²) in [5.41, 5.74) is 5.76. The molecule has 0 aromatic heterocycles. The molecule has 9 nitrogen and oxygen atoms in total. The Labute approximate surface area is 219 Å². The molecule has 4 rings (SSSR count). The monoisotopic (exact) mass is 516 g/mol. The van der Waals surface area contributed by atoms with Crippen LogP contribution in [-0.2, 0) is 30.3 Å². The Morgan fingerprint density at radius 3 is 2.05 bits per heavy atom. The van der Waals surface area contributed by atoms with E-state index in [0.29, 0.717) is 11.3 Å². The third kappa shape index (κ3) is 6.36. The molecule has 0 fully saturated rings. The number of aliphatic carboxylic acids is 1. The summed E-state index contributed by atoms with van der Waals surface area (Å²) in [6.45, 7) is 0.195. The predicted molar refractivity (Wildman–Crippen MR) is 140 cm³/mol. The Balaban J connectivity index is 1.33. The second-order valence-corrected chi connectivity index (χ2v) is 8.89. The van der Waals surface area contributed by atoms with E-state index in [1.165, 1.54) is 7.11 Å². The van der Waals surface area contributed by atoms with E-state index in [9.17, 15) is 19.2 Å². The third-order valence-corrected chi connectivity index (χ3v) is 6.37. The lowest BCUT2D eigenvalue weighted by atomic mass is 9.98. The fourth-order valence-electron chi connectivity index (χ4n) is 4.53. The van der Waals surface area contributed by atoms with Crippen LogP contribution in [0.1, 0.15) is 35.4 Å². The van der Waals surface area contributed by atoms with Crippen LogP contribution < -0.4 is 10.6 Å². The first-order chi connectivity index (χ1) is 18.4. The van der Waals surface area contributed by atoms with Crippen molar-refractivity contribution in [1.82, 2.24) is 5.32 Å². The van der Waals surface area contributed by atoms with Crippen LogP contribution in [0, 0.1) is 0 Å². The van der Waals surface area contributed by atoms with Gasteiger partial charge in [0.05, 0.1) is 13.5 Å². The molecule has 0 radical (unpaired) electrons. The number of carbonyl (C=O) groups excluding carboxylic acids is 3. The van der Waals surface area contributed by atoms with Gasteiger partial charge < -0.3 is 19.9 Å². The molecule has 2 amide bonds. The third-order valence-electron chi connectivity index (χ3n) is 6.37. The molecule has 0 heterocycles. The van der Waals surface area contributed by atoms with E-state index in [-0.39, 0.29) is 31.8 Å². The molecule has 0 bridgehead atoms. The summed E-state index contributed by atoms with van der Waals surface area (Å²) in [5, 5.41) is 14.0. The summed E-state index contributed by atoms with van der Waals surface area (Å²) in [6, 6.07) is 22.0. The number of rotatable bonds is 10. The van der Waals surface area contributed by atoms with E-state index in [1.807, 2.05) is 24.3 Å². The molecular weight excluding hydrogens is 488 g/mol. The van der Waals surface area contributed by atoms with Crippen molar-refractivity contribution in [2.45, 2.75) is 31.2 Å². The molecule has 0 spiro atoms. The van der Waals surface area contributed by atoms with Gasteiger partial charge in [-0.25, -0.2) is 9.59 Å². The van der Waals surface area contributed by atoms with Gasteiger partial charge in [0, 0.05) is 24.4 Å². The largest absolute Gasteiger partial charge is 0.481 e. The van der Waals surface area contributed by atoms with Crippen LogP contribution >= 0.6 is 0 Å². The van der Waals surface area contributed by atoms with Crippen molar-refractivity contribution in [2.75, 3.05) is 19.0 Å². The molecule has 0 aliphatic heterocycles.